The largest absolute Gasteiger partial charge is 0.442 e. The second-order valence-electron chi connectivity index (χ2n) is 5.31. The van der Waals surface area contributed by atoms with Crippen LogP contribution in [0.25, 0.3) is 0 Å². The summed E-state index contributed by atoms with van der Waals surface area (Å²) >= 11 is 0. The van der Waals surface area contributed by atoms with E-state index in [4.69, 9.17) is 9.47 Å². The number of ether oxygens (including phenoxy) is 2. The van der Waals surface area contributed by atoms with Crippen LogP contribution in [0.4, 0.5) is 10.5 Å². The van der Waals surface area contributed by atoms with Crippen molar-refractivity contribution in [1.29, 1.82) is 0 Å². The van der Waals surface area contributed by atoms with E-state index in [1.807, 2.05) is 18.2 Å². The molecule has 1 aromatic rings. The predicted molar refractivity (Wildman–Crippen MR) is 76.1 cm³/mol. The van der Waals surface area contributed by atoms with Crippen molar-refractivity contribution in [3.8, 4) is 0 Å². The van der Waals surface area contributed by atoms with Gasteiger partial charge in [-0.15, -0.1) is 0 Å². The molecule has 0 radical (unpaired) electrons. The number of cyclic esters (lactones) is 1. The molecular formula is C15H18N2O4. The monoisotopic (exact) mass is 290 g/mol. The smallest absolute Gasteiger partial charge is 0.414 e. The standard InChI is InChI=1S/C15H18N2O4/c1-10(18)16-7-14-8-17(15(19)21-14)13-3-2-12-9-20-5-4-11(12)6-13/h2-3,6,14H,4-5,7-9H2,1H3,(H,16,18). The number of hydrogen-bond donors (Lipinski definition) is 1. The second kappa shape index (κ2) is 5.73. The molecule has 2 aliphatic heterocycles. The van der Waals surface area contributed by atoms with Gasteiger partial charge in [0.2, 0.25) is 5.91 Å². The van der Waals surface area contributed by atoms with Gasteiger partial charge in [-0.25, -0.2) is 4.79 Å². The van der Waals surface area contributed by atoms with Crippen molar-refractivity contribution >= 4 is 17.7 Å². The first-order valence-electron chi connectivity index (χ1n) is 7.05. The zero-order valence-corrected chi connectivity index (χ0v) is 11.9. The molecular weight excluding hydrogens is 272 g/mol. The molecule has 0 bridgehead atoms. The third-order valence-electron chi connectivity index (χ3n) is 3.73. The molecule has 0 spiro atoms. The van der Waals surface area contributed by atoms with Gasteiger partial charge < -0.3 is 14.8 Å². The number of fused-ring (bicyclic) bond motifs is 1. The fraction of sp³-hybridized carbons (Fsp3) is 0.467. The van der Waals surface area contributed by atoms with Crippen molar-refractivity contribution in [1.82, 2.24) is 5.32 Å². The predicted octanol–water partition coefficient (Wildman–Crippen LogP) is 1.22. The van der Waals surface area contributed by atoms with E-state index < -0.39 is 0 Å². The van der Waals surface area contributed by atoms with Crippen molar-refractivity contribution in [2.24, 2.45) is 0 Å². The van der Waals surface area contributed by atoms with Crippen LogP contribution in [0.5, 0.6) is 0 Å². The van der Waals surface area contributed by atoms with E-state index in [0.717, 1.165) is 12.1 Å². The first-order valence-corrected chi connectivity index (χ1v) is 7.05. The Labute approximate surface area is 123 Å². The SMILES string of the molecule is CC(=O)NCC1CN(c2ccc3c(c2)CCOC3)C(=O)O1. The zero-order chi connectivity index (χ0) is 14.8. The maximum absolute atomic E-state index is 12.0. The van der Waals surface area contributed by atoms with Gasteiger partial charge in [0, 0.05) is 12.6 Å². The molecule has 1 fully saturated rings. The van der Waals surface area contributed by atoms with Crippen molar-refractivity contribution in [3.63, 3.8) is 0 Å². The quantitative estimate of drug-likeness (QED) is 0.909. The Morgan fingerprint density at radius 1 is 1.43 bits per heavy atom. The Morgan fingerprint density at radius 2 is 2.29 bits per heavy atom. The van der Waals surface area contributed by atoms with Crippen LogP contribution in [0.1, 0.15) is 18.1 Å². The van der Waals surface area contributed by atoms with Crippen LogP contribution in [0.15, 0.2) is 18.2 Å². The lowest BCUT2D eigenvalue weighted by Crippen LogP contribution is -2.33. The summed E-state index contributed by atoms with van der Waals surface area (Å²) in [6, 6.07) is 5.94. The molecule has 1 atom stereocenters. The van der Waals surface area contributed by atoms with Gasteiger partial charge in [0.15, 0.2) is 0 Å². The topological polar surface area (TPSA) is 67.9 Å². The minimum Gasteiger partial charge on any atom is -0.442 e. The molecule has 2 heterocycles. The fourth-order valence-corrected chi connectivity index (χ4v) is 2.61. The highest BCUT2D eigenvalue weighted by molar-refractivity contribution is 5.90. The molecule has 1 unspecified atom stereocenters. The summed E-state index contributed by atoms with van der Waals surface area (Å²) in [6.45, 7) is 3.59. The molecule has 1 aromatic carbocycles. The lowest BCUT2D eigenvalue weighted by atomic mass is 10.0. The van der Waals surface area contributed by atoms with E-state index in [1.54, 1.807) is 4.90 Å². The molecule has 112 valence electrons. The van der Waals surface area contributed by atoms with Crippen LogP contribution >= 0.6 is 0 Å². The third kappa shape index (κ3) is 3.00. The van der Waals surface area contributed by atoms with E-state index >= 15 is 0 Å². The van der Waals surface area contributed by atoms with Gasteiger partial charge in [0.1, 0.15) is 6.10 Å². The van der Waals surface area contributed by atoms with E-state index in [0.29, 0.717) is 26.3 Å². The van der Waals surface area contributed by atoms with Gasteiger partial charge in [-0.05, 0) is 29.7 Å². The van der Waals surface area contributed by atoms with Crippen LogP contribution in [-0.2, 0) is 27.3 Å². The van der Waals surface area contributed by atoms with E-state index in [-0.39, 0.29) is 18.1 Å². The molecule has 6 nitrogen and oxygen atoms in total. The fourth-order valence-electron chi connectivity index (χ4n) is 2.61. The summed E-state index contributed by atoms with van der Waals surface area (Å²) in [5, 5.41) is 2.67. The highest BCUT2D eigenvalue weighted by atomic mass is 16.6. The van der Waals surface area contributed by atoms with Gasteiger partial charge in [0.25, 0.3) is 0 Å². The van der Waals surface area contributed by atoms with E-state index in [2.05, 4.69) is 5.32 Å². The third-order valence-corrected chi connectivity index (χ3v) is 3.73. The lowest BCUT2D eigenvalue weighted by Gasteiger charge is -2.20. The van der Waals surface area contributed by atoms with Crippen molar-refractivity contribution in [2.75, 3.05) is 24.6 Å². The molecule has 6 heteroatoms. The van der Waals surface area contributed by atoms with Crippen LogP contribution in [0.3, 0.4) is 0 Å². The molecule has 0 aliphatic carbocycles. The highest BCUT2D eigenvalue weighted by Gasteiger charge is 2.32. The van der Waals surface area contributed by atoms with Gasteiger partial charge in [0.05, 0.1) is 26.3 Å². The van der Waals surface area contributed by atoms with Crippen molar-refractivity contribution < 1.29 is 19.1 Å². The first-order chi connectivity index (χ1) is 10.1. The normalized spacial score (nSPS) is 20.9. The number of rotatable bonds is 3. The van der Waals surface area contributed by atoms with E-state index in [9.17, 15) is 9.59 Å². The van der Waals surface area contributed by atoms with Crippen LogP contribution in [-0.4, -0.2) is 37.8 Å². The summed E-state index contributed by atoms with van der Waals surface area (Å²) in [6.07, 6.45) is 0.194. The Hall–Kier alpha value is -2.08. The first kappa shape index (κ1) is 13.9. The number of carbonyl (C=O) groups is 2. The van der Waals surface area contributed by atoms with Crippen molar-refractivity contribution in [2.45, 2.75) is 26.1 Å². The van der Waals surface area contributed by atoms with Gasteiger partial charge >= 0.3 is 6.09 Å². The number of nitrogens with one attached hydrogen (secondary N) is 1. The number of amides is 2. The molecule has 2 aliphatic rings. The molecule has 3 rings (SSSR count). The van der Waals surface area contributed by atoms with Crippen molar-refractivity contribution in [3.05, 3.63) is 29.3 Å². The highest BCUT2D eigenvalue weighted by Crippen LogP contribution is 2.26. The zero-order valence-electron chi connectivity index (χ0n) is 11.9. The maximum atomic E-state index is 12.0. The Kier molecular flexibility index (Phi) is 3.79. The molecule has 21 heavy (non-hydrogen) atoms. The molecule has 1 saturated heterocycles. The second-order valence-corrected chi connectivity index (χ2v) is 5.31. The summed E-state index contributed by atoms with van der Waals surface area (Å²) in [4.78, 5) is 24.5. The number of nitrogens with zero attached hydrogens (tertiary/aromatic N) is 1. The molecule has 0 aromatic heterocycles. The van der Waals surface area contributed by atoms with Crippen LogP contribution in [0.2, 0.25) is 0 Å². The molecule has 0 saturated carbocycles. The van der Waals surface area contributed by atoms with Gasteiger partial charge in [-0.2, -0.15) is 0 Å². The Balaban J connectivity index is 1.72. The minimum absolute atomic E-state index is 0.127. The molecule has 1 N–H and O–H groups in total. The number of anilines is 1. The van der Waals surface area contributed by atoms with E-state index in [1.165, 1.54) is 18.1 Å². The number of hydrogen-bond acceptors (Lipinski definition) is 4. The summed E-state index contributed by atoms with van der Waals surface area (Å²) in [5.41, 5.74) is 3.23. The molecule has 2 amide bonds. The van der Waals surface area contributed by atoms with Gasteiger partial charge in [-0.1, -0.05) is 6.07 Å². The number of carbonyl (C=O) groups excluding carboxylic acids is 2. The minimum atomic E-state index is -0.364. The average Bonchev–Trinajstić information content (AvgIpc) is 2.86. The summed E-state index contributed by atoms with van der Waals surface area (Å²) in [7, 11) is 0. The Bertz CT molecular complexity index is 573. The average molecular weight is 290 g/mol. The summed E-state index contributed by atoms with van der Waals surface area (Å²) < 4.78 is 10.7. The lowest BCUT2D eigenvalue weighted by molar-refractivity contribution is -0.119. The van der Waals surface area contributed by atoms with Gasteiger partial charge in [-0.3, -0.25) is 9.69 Å². The summed E-state index contributed by atoms with van der Waals surface area (Å²) in [5.74, 6) is -0.127. The number of benzene rings is 1. The Morgan fingerprint density at radius 3 is 3.10 bits per heavy atom. The maximum Gasteiger partial charge on any atom is 0.414 e. The van der Waals surface area contributed by atoms with Crippen LogP contribution in [0, 0.1) is 0 Å². The van der Waals surface area contributed by atoms with Crippen LogP contribution < -0.4 is 10.2 Å².